The molecule has 2 aromatic carbocycles. The molecule has 0 radical (unpaired) electrons. The average Bonchev–Trinajstić information content (AvgIpc) is 3.57. The highest BCUT2D eigenvalue weighted by Gasteiger charge is 2.42. The molecule has 0 aliphatic carbocycles. The van der Waals surface area contributed by atoms with Gasteiger partial charge in [0.25, 0.3) is 0 Å². The molecule has 0 unspecified atom stereocenters. The molecule has 0 bridgehead atoms. The molecule has 2 aromatic heterocycles. The molecular weight excluding hydrogens is 444 g/mol. The van der Waals surface area contributed by atoms with E-state index in [-0.39, 0.29) is 5.91 Å². The molecule has 0 atom stereocenters. The molecule has 172 valence electrons. The summed E-state index contributed by atoms with van der Waals surface area (Å²) in [5.74, 6) is 1.74. The second-order valence-corrected chi connectivity index (χ2v) is 10.3. The third kappa shape index (κ3) is 3.32. The summed E-state index contributed by atoms with van der Waals surface area (Å²) in [6.07, 6.45) is 2.34. The Kier molecular flexibility index (Phi) is 4.81. The van der Waals surface area contributed by atoms with Gasteiger partial charge in [0.05, 0.1) is 22.1 Å². The van der Waals surface area contributed by atoms with Crippen molar-refractivity contribution in [2.24, 2.45) is 0 Å². The number of thiazole rings is 1. The number of carbonyl (C=O) groups excluding carboxylic acids is 1. The average molecular weight is 471 g/mol. The van der Waals surface area contributed by atoms with Gasteiger partial charge in [-0.25, -0.2) is 15.0 Å². The van der Waals surface area contributed by atoms with Crippen LogP contribution in [0.1, 0.15) is 32.3 Å². The normalized spacial score (nSPS) is 17.0. The van der Waals surface area contributed by atoms with E-state index in [2.05, 4.69) is 16.3 Å². The summed E-state index contributed by atoms with van der Waals surface area (Å²) in [5.41, 5.74) is 5.11. The maximum atomic E-state index is 12.7. The van der Waals surface area contributed by atoms with Crippen molar-refractivity contribution in [3.8, 4) is 11.3 Å². The predicted molar refractivity (Wildman–Crippen MR) is 138 cm³/mol. The van der Waals surface area contributed by atoms with Gasteiger partial charge in [-0.15, -0.1) is 11.3 Å². The Bertz CT molecular complexity index is 1420. The van der Waals surface area contributed by atoms with Crippen molar-refractivity contribution in [3.05, 3.63) is 53.4 Å². The minimum Gasteiger partial charge on any atom is -0.354 e. The number of fused-ring (bicyclic) bond motifs is 2. The summed E-state index contributed by atoms with van der Waals surface area (Å²) >= 11 is 1.54. The summed E-state index contributed by atoms with van der Waals surface area (Å²) in [7, 11) is 1.84. The monoisotopic (exact) mass is 470 g/mol. The fraction of sp³-hybridized carbons (Fsp3) is 0.308. The number of likely N-dealkylation sites (N-methyl/N-ethyl adjacent to an activating group) is 1. The zero-order valence-electron chi connectivity index (χ0n) is 19.5. The van der Waals surface area contributed by atoms with Crippen molar-refractivity contribution >= 4 is 50.7 Å². The minimum absolute atomic E-state index is 0.115. The van der Waals surface area contributed by atoms with Crippen molar-refractivity contribution in [1.29, 1.82) is 0 Å². The lowest BCUT2D eigenvalue weighted by Crippen LogP contribution is -2.33. The molecule has 1 fully saturated rings. The van der Waals surface area contributed by atoms with E-state index >= 15 is 0 Å². The molecule has 1 saturated heterocycles. The van der Waals surface area contributed by atoms with Crippen LogP contribution in [0.25, 0.3) is 22.3 Å². The smallest absolute Gasteiger partial charge is 0.236 e. The van der Waals surface area contributed by atoms with E-state index < -0.39 is 5.41 Å². The van der Waals surface area contributed by atoms with E-state index in [1.807, 2.05) is 62.7 Å². The van der Waals surface area contributed by atoms with Gasteiger partial charge in [0.15, 0.2) is 16.8 Å². The highest BCUT2D eigenvalue weighted by molar-refractivity contribution is 7.14. The quantitative estimate of drug-likeness (QED) is 0.433. The molecule has 0 saturated carbocycles. The first-order chi connectivity index (χ1) is 16.4. The first-order valence-electron chi connectivity index (χ1n) is 11.6. The fourth-order valence-corrected chi connectivity index (χ4v) is 5.64. The number of amides is 1. The first kappa shape index (κ1) is 21.0. The summed E-state index contributed by atoms with van der Waals surface area (Å²) < 4.78 is 0. The molecule has 7 nitrogen and oxygen atoms in total. The Labute approximate surface area is 202 Å². The minimum atomic E-state index is -0.539. The molecule has 8 heteroatoms. The molecular formula is C26H26N6OS. The molecule has 6 rings (SSSR count). The molecule has 34 heavy (non-hydrogen) atoms. The maximum Gasteiger partial charge on any atom is 0.236 e. The first-order valence-corrected chi connectivity index (χ1v) is 12.5. The number of carbonyl (C=O) groups is 1. The molecule has 2 aliphatic rings. The van der Waals surface area contributed by atoms with Gasteiger partial charge in [-0.3, -0.25) is 4.79 Å². The summed E-state index contributed by atoms with van der Waals surface area (Å²) in [4.78, 5) is 31.4. The number of benzene rings is 2. The van der Waals surface area contributed by atoms with E-state index in [9.17, 15) is 4.79 Å². The third-order valence-corrected chi connectivity index (χ3v) is 7.61. The zero-order valence-corrected chi connectivity index (χ0v) is 20.3. The Morgan fingerprint density at radius 3 is 2.50 bits per heavy atom. The van der Waals surface area contributed by atoms with Gasteiger partial charge in [0.1, 0.15) is 0 Å². The molecule has 1 amide bonds. The highest BCUT2D eigenvalue weighted by atomic mass is 32.1. The van der Waals surface area contributed by atoms with Crippen LogP contribution in [-0.2, 0) is 10.2 Å². The van der Waals surface area contributed by atoms with Gasteiger partial charge in [-0.1, -0.05) is 18.2 Å². The van der Waals surface area contributed by atoms with Crippen molar-refractivity contribution in [2.75, 3.05) is 35.3 Å². The van der Waals surface area contributed by atoms with E-state index in [0.717, 1.165) is 63.4 Å². The van der Waals surface area contributed by atoms with Crippen LogP contribution in [0.4, 0.5) is 22.5 Å². The number of nitrogens with one attached hydrogen (secondary N) is 1. The lowest BCUT2D eigenvalue weighted by Gasteiger charge is -2.20. The topological polar surface area (TPSA) is 74.2 Å². The third-order valence-electron chi connectivity index (χ3n) is 6.85. The van der Waals surface area contributed by atoms with Crippen LogP contribution in [0.2, 0.25) is 0 Å². The second-order valence-electron chi connectivity index (χ2n) is 9.46. The number of anilines is 4. The van der Waals surface area contributed by atoms with Crippen LogP contribution in [0.3, 0.4) is 0 Å². The number of nitrogens with zero attached hydrogens (tertiary/aromatic N) is 5. The van der Waals surface area contributed by atoms with Gasteiger partial charge in [0, 0.05) is 36.8 Å². The largest absolute Gasteiger partial charge is 0.354 e. The Hall–Kier alpha value is -3.52. The van der Waals surface area contributed by atoms with Gasteiger partial charge in [-0.05, 0) is 56.5 Å². The second kappa shape index (κ2) is 7.77. The van der Waals surface area contributed by atoms with Gasteiger partial charge in [-0.2, -0.15) is 0 Å². The van der Waals surface area contributed by atoms with Crippen LogP contribution < -0.4 is 15.1 Å². The molecule has 0 spiro atoms. The van der Waals surface area contributed by atoms with Gasteiger partial charge < -0.3 is 15.1 Å². The van der Waals surface area contributed by atoms with Crippen LogP contribution in [-0.4, -0.2) is 41.0 Å². The predicted octanol–water partition coefficient (Wildman–Crippen LogP) is 5.35. The number of rotatable bonds is 4. The van der Waals surface area contributed by atoms with E-state index in [4.69, 9.17) is 15.0 Å². The fourth-order valence-electron chi connectivity index (χ4n) is 4.92. The summed E-state index contributed by atoms with van der Waals surface area (Å²) in [6, 6.07) is 14.1. The number of hydrogen-bond donors (Lipinski definition) is 1. The lowest BCUT2D eigenvalue weighted by molar-refractivity contribution is -0.121. The van der Waals surface area contributed by atoms with E-state index in [0.29, 0.717) is 0 Å². The van der Waals surface area contributed by atoms with Crippen molar-refractivity contribution in [2.45, 2.75) is 32.1 Å². The SMILES string of the molecule is CN1C(=O)C(C)(C)c2cc(-c3csc(Nc4nc5ccccc5nc4N4CCCC4)n3)ccc21. The number of para-hydroxylation sites is 2. The highest BCUT2D eigenvalue weighted by Crippen LogP contribution is 2.43. The van der Waals surface area contributed by atoms with Crippen LogP contribution in [0, 0.1) is 0 Å². The van der Waals surface area contributed by atoms with Crippen molar-refractivity contribution < 1.29 is 4.79 Å². The van der Waals surface area contributed by atoms with Gasteiger partial charge in [0.2, 0.25) is 5.91 Å². The Balaban J connectivity index is 1.34. The summed E-state index contributed by atoms with van der Waals surface area (Å²) in [6.45, 7) is 5.94. The van der Waals surface area contributed by atoms with Crippen LogP contribution in [0.15, 0.2) is 47.8 Å². The van der Waals surface area contributed by atoms with Crippen molar-refractivity contribution in [1.82, 2.24) is 15.0 Å². The zero-order chi connectivity index (χ0) is 23.4. The molecule has 4 aromatic rings. The lowest BCUT2D eigenvalue weighted by atomic mass is 9.85. The van der Waals surface area contributed by atoms with Crippen molar-refractivity contribution in [3.63, 3.8) is 0 Å². The standard InChI is InChI=1S/C26H26N6OS/c1-26(2)17-14-16(10-11-21(17)31(3)24(26)33)20-15-34-25(29-20)30-22-23(32-12-6-7-13-32)28-19-9-5-4-8-18(19)27-22/h4-5,8-11,14-15H,6-7,12-13H2,1-3H3,(H,27,29,30). The summed E-state index contributed by atoms with van der Waals surface area (Å²) in [5, 5.41) is 6.26. The Morgan fingerprint density at radius 1 is 1.00 bits per heavy atom. The molecule has 1 N–H and O–H groups in total. The van der Waals surface area contributed by atoms with Crippen LogP contribution in [0.5, 0.6) is 0 Å². The Morgan fingerprint density at radius 2 is 1.74 bits per heavy atom. The molecule has 4 heterocycles. The van der Waals surface area contributed by atoms with E-state index in [1.165, 1.54) is 12.8 Å². The number of aromatic nitrogens is 3. The van der Waals surface area contributed by atoms with Crippen LogP contribution >= 0.6 is 11.3 Å². The van der Waals surface area contributed by atoms with E-state index in [1.54, 1.807) is 16.2 Å². The molecule has 2 aliphatic heterocycles. The maximum absolute atomic E-state index is 12.7. The van der Waals surface area contributed by atoms with Gasteiger partial charge >= 0.3 is 0 Å². The number of hydrogen-bond acceptors (Lipinski definition) is 7.